The maximum absolute atomic E-state index is 11.2. The summed E-state index contributed by atoms with van der Waals surface area (Å²) >= 11 is 11.2. The summed E-state index contributed by atoms with van der Waals surface area (Å²) in [7, 11) is 0. The summed E-state index contributed by atoms with van der Waals surface area (Å²) in [5, 5.41) is 0.00590. The summed E-state index contributed by atoms with van der Waals surface area (Å²) in [5.74, 6) is 0.597. The molecule has 0 bridgehead atoms. The minimum Gasteiger partial charge on any atom is -0.299 e. The summed E-state index contributed by atoms with van der Waals surface area (Å²) < 4.78 is 1.34. The normalized spacial score (nSPS) is 12.8. The van der Waals surface area contributed by atoms with E-state index in [1.807, 2.05) is 6.92 Å². The lowest BCUT2D eigenvalue weighted by Crippen LogP contribution is -2.31. The van der Waals surface area contributed by atoms with Crippen LogP contribution in [0.1, 0.15) is 6.92 Å². The van der Waals surface area contributed by atoms with E-state index < -0.39 is 11.2 Å². The quantitative estimate of drug-likeness (QED) is 0.799. The van der Waals surface area contributed by atoms with Crippen molar-refractivity contribution in [3.8, 4) is 0 Å². The number of halogens is 2. The van der Waals surface area contributed by atoms with Gasteiger partial charge in [-0.05, 0) is 5.92 Å². The number of hydrogen-bond donors (Lipinski definition) is 1. The van der Waals surface area contributed by atoms with Crippen LogP contribution in [0.15, 0.2) is 15.8 Å². The molecule has 0 spiro atoms. The highest BCUT2D eigenvalue weighted by atomic mass is 35.5. The number of nitrogens with one attached hydrogen (secondary N) is 1. The van der Waals surface area contributed by atoms with Crippen LogP contribution < -0.4 is 11.2 Å². The van der Waals surface area contributed by atoms with Crippen molar-refractivity contribution in [3.63, 3.8) is 0 Å². The number of aromatic nitrogens is 2. The summed E-state index contributed by atoms with van der Waals surface area (Å²) in [6.07, 6.45) is 1.33. The average Bonchev–Trinajstić information content (AvgIpc) is 2.14. The van der Waals surface area contributed by atoms with Gasteiger partial charge in [0, 0.05) is 18.6 Å². The fraction of sp³-hybridized carbons (Fsp3) is 0.500. The number of alkyl halides is 1. The molecule has 1 N–H and O–H groups in total. The molecule has 0 fully saturated rings. The SMILES string of the molecule is CC(CCl)Cn1cc(Cl)c(=O)[nH]c1=O. The van der Waals surface area contributed by atoms with Gasteiger partial charge in [-0.25, -0.2) is 4.79 Å². The van der Waals surface area contributed by atoms with Crippen LogP contribution in [0.3, 0.4) is 0 Å². The van der Waals surface area contributed by atoms with Crippen LogP contribution in [0.2, 0.25) is 5.02 Å². The molecule has 6 heteroatoms. The molecule has 1 unspecified atom stereocenters. The molecular weight excluding hydrogens is 227 g/mol. The first-order valence-electron chi connectivity index (χ1n) is 4.10. The Morgan fingerprint density at radius 1 is 1.57 bits per heavy atom. The van der Waals surface area contributed by atoms with E-state index in [1.54, 1.807) is 0 Å². The van der Waals surface area contributed by atoms with Crippen LogP contribution in [0.4, 0.5) is 0 Å². The van der Waals surface area contributed by atoms with Gasteiger partial charge in [-0.3, -0.25) is 14.3 Å². The lowest BCUT2D eigenvalue weighted by atomic mass is 10.2. The molecule has 0 amide bonds. The third kappa shape index (κ3) is 2.62. The van der Waals surface area contributed by atoms with Crippen molar-refractivity contribution >= 4 is 23.2 Å². The van der Waals surface area contributed by atoms with Gasteiger partial charge in [0.2, 0.25) is 0 Å². The van der Waals surface area contributed by atoms with Crippen molar-refractivity contribution in [2.24, 2.45) is 5.92 Å². The third-order valence-electron chi connectivity index (χ3n) is 1.74. The van der Waals surface area contributed by atoms with Gasteiger partial charge in [0.25, 0.3) is 5.56 Å². The summed E-state index contributed by atoms with van der Waals surface area (Å²) in [4.78, 5) is 24.3. The van der Waals surface area contributed by atoms with Crippen LogP contribution in [-0.2, 0) is 6.54 Å². The highest BCUT2D eigenvalue weighted by Gasteiger charge is 2.05. The second-order valence-electron chi connectivity index (χ2n) is 3.15. The highest BCUT2D eigenvalue weighted by molar-refractivity contribution is 6.30. The molecule has 0 aliphatic carbocycles. The molecule has 0 saturated heterocycles. The molecule has 0 radical (unpaired) electrons. The Hall–Kier alpha value is -0.740. The number of aromatic amines is 1. The number of hydrogen-bond acceptors (Lipinski definition) is 2. The smallest absolute Gasteiger partial charge is 0.299 e. The van der Waals surface area contributed by atoms with Crippen LogP contribution in [0.25, 0.3) is 0 Å². The molecule has 78 valence electrons. The van der Waals surface area contributed by atoms with E-state index >= 15 is 0 Å². The summed E-state index contributed by atoms with van der Waals surface area (Å²) in [6, 6.07) is 0. The maximum Gasteiger partial charge on any atom is 0.328 e. The topological polar surface area (TPSA) is 54.9 Å². The lowest BCUT2D eigenvalue weighted by molar-refractivity contribution is 0.506. The van der Waals surface area contributed by atoms with Gasteiger partial charge in [-0.15, -0.1) is 11.6 Å². The van der Waals surface area contributed by atoms with Crippen LogP contribution in [0, 0.1) is 5.92 Å². The summed E-state index contributed by atoms with van der Waals surface area (Å²) in [5.41, 5.74) is -1.03. The molecule has 0 saturated carbocycles. The molecule has 0 aliphatic heterocycles. The van der Waals surface area contributed by atoms with E-state index in [4.69, 9.17) is 23.2 Å². The van der Waals surface area contributed by atoms with Crippen LogP contribution in [0.5, 0.6) is 0 Å². The second-order valence-corrected chi connectivity index (χ2v) is 3.86. The van der Waals surface area contributed by atoms with Gasteiger partial charge in [0.1, 0.15) is 5.02 Å². The minimum absolute atomic E-state index is 0.00590. The lowest BCUT2D eigenvalue weighted by Gasteiger charge is -2.09. The Labute approximate surface area is 90.5 Å². The van der Waals surface area contributed by atoms with E-state index in [-0.39, 0.29) is 10.9 Å². The van der Waals surface area contributed by atoms with E-state index in [0.29, 0.717) is 12.4 Å². The zero-order valence-corrected chi connectivity index (χ0v) is 9.10. The van der Waals surface area contributed by atoms with E-state index in [1.165, 1.54) is 10.8 Å². The van der Waals surface area contributed by atoms with Gasteiger partial charge in [0.15, 0.2) is 0 Å². The van der Waals surface area contributed by atoms with Gasteiger partial charge >= 0.3 is 5.69 Å². The van der Waals surface area contributed by atoms with E-state index in [2.05, 4.69) is 4.98 Å². The van der Waals surface area contributed by atoms with E-state index in [0.717, 1.165) is 0 Å². The van der Waals surface area contributed by atoms with Crippen molar-refractivity contribution in [1.82, 2.24) is 9.55 Å². The predicted octanol–water partition coefficient (Wildman–Crippen LogP) is 1.06. The number of rotatable bonds is 3. The van der Waals surface area contributed by atoms with Gasteiger partial charge in [0.05, 0.1) is 0 Å². The maximum atomic E-state index is 11.2. The minimum atomic E-state index is -0.563. The largest absolute Gasteiger partial charge is 0.328 e. The molecule has 1 rings (SSSR count). The fourth-order valence-corrected chi connectivity index (χ4v) is 1.27. The van der Waals surface area contributed by atoms with Gasteiger partial charge < -0.3 is 0 Å². The standard InChI is InChI=1S/C8H10Cl2N2O2/c1-5(2-9)3-12-4-6(10)7(13)11-8(12)14/h4-5H,2-3H2,1H3,(H,11,13,14). The monoisotopic (exact) mass is 236 g/mol. The Morgan fingerprint density at radius 3 is 2.79 bits per heavy atom. The Balaban J connectivity index is 3.04. The van der Waals surface area contributed by atoms with E-state index in [9.17, 15) is 9.59 Å². The molecule has 1 aromatic rings. The van der Waals surface area contributed by atoms with Crippen molar-refractivity contribution in [2.75, 3.05) is 5.88 Å². The molecule has 0 aromatic carbocycles. The molecular formula is C8H10Cl2N2O2. The number of nitrogens with zero attached hydrogens (tertiary/aromatic N) is 1. The zero-order chi connectivity index (χ0) is 10.7. The molecule has 1 atom stereocenters. The first kappa shape index (κ1) is 11.3. The highest BCUT2D eigenvalue weighted by Crippen LogP contribution is 2.02. The second kappa shape index (κ2) is 4.66. The predicted molar refractivity (Wildman–Crippen MR) is 56.2 cm³/mol. The Kier molecular flexibility index (Phi) is 3.77. The Morgan fingerprint density at radius 2 is 2.21 bits per heavy atom. The molecule has 1 aromatic heterocycles. The third-order valence-corrected chi connectivity index (χ3v) is 2.54. The Bertz CT molecular complexity index is 424. The van der Waals surface area contributed by atoms with Gasteiger partial charge in [-0.1, -0.05) is 18.5 Å². The van der Waals surface area contributed by atoms with Crippen molar-refractivity contribution < 1.29 is 0 Å². The molecule has 0 aliphatic rings. The van der Waals surface area contributed by atoms with Gasteiger partial charge in [-0.2, -0.15) is 0 Å². The molecule has 14 heavy (non-hydrogen) atoms. The van der Waals surface area contributed by atoms with Crippen molar-refractivity contribution in [1.29, 1.82) is 0 Å². The van der Waals surface area contributed by atoms with Crippen molar-refractivity contribution in [3.05, 3.63) is 32.1 Å². The molecule has 4 nitrogen and oxygen atoms in total. The number of H-pyrrole nitrogens is 1. The van der Waals surface area contributed by atoms with Crippen molar-refractivity contribution in [2.45, 2.75) is 13.5 Å². The molecule has 1 heterocycles. The average molecular weight is 237 g/mol. The fourth-order valence-electron chi connectivity index (χ4n) is 1.00. The summed E-state index contributed by atoms with van der Waals surface area (Å²) in [6.45, 7) is 2.34. The first-order chi connectivity index (χ1) is 6.54. The van der Waals surface area contributed by atoms with Crippen LogP contribution >= 0.6 is 23.2 Å². The van der Waals surface area contributed by atoms with Crippen LogP contribution in [-0.4, -0.2) is 15.4 Å². The zero-order valence-electron chi connectivity index (χ0n) is 7.59. The first-order valence-corrected chi connectivity index (χ1v) is 5.01.